The first-order chi connectivity index (χ1) is 8.06. The lowest BCUT2D eigenvalue weighted by atomic mass is 10.2. The fourth-order valence-corrected chi connectivity index (χ4v) is 1.74. The van der Waals surface area contributed by atoms with Gasteiger partial charge in [0.1, 0.15) is 6.04 Å². The number of rotatable bonds is 6. The predicted molar refractivity (Wildman–Crippen MR) is 65.0 cm³/mol. The Balaban J connectivity index is 2.59. The summed E-state index contributed by atoms with van der Waals surface area (Å²) in [5.74, 6) is -0.824. The van der Waals surface area contributed by atoms with Crippen molar-refractivity contribution in [1.82, 2.24) is 9.47 Å². The van der Waals surface area contributed by atoms with E-state index in [4.69, 9.17) is 5.11 Å². The summed E-state index contributed by atoms with van der Waals surface area (Å²) in [6.45, 7) is 2.87. The predicted octanol–water partition coefficient (Wildman–Crippen LogP) is 0.643. The minimum absolute atomic E-state index is 0.0655. The van der Waals surface area contributed by atoms with Crippen LogP contribution in [0.15, 0.2) is 29.2 Å². The van der Waals surface area contributed by atoms with Gasteiger partial charge < -0.3 is 9.67 Å². The number of aromatic nitrogens is 1. The topological polar surface area (TPSA) is 62.5 Å². The van der Waals surface area contributed by atoms with Crippen molar-refractivity contribution in [2.75, 3.05) is 13.6 Å². The zero-order valence-electron chi connectivity index (χ0n) is 10.2. The summed E-state index contributed by atoms with van der Waals surface area (Å²) in [5, 5.41) is 8.99. The largest absolute Gasteiger partial charge is 0.480 e. The van der Waals surface area contributed by atoms with E-state index < -0.39 is 12.0 Å². The molecule has 1 heterocycles. The summed E-state index contributed by atoms with van der Waals surface area (Å²) in [4.78, 5) is 24.1. The number of carboxylic acid groups (broad SMARTS) is 1. The highest BCUT2D eigenvalue weighted by atomic mass is 16.4. The average molecular weight is 238 g/mol. The van der Waals surface area contributed by atoms with Crippen LogP contribution in [0.1, 0.15) is 13.3 Å². The molecule has 0 radical (unpaired) electrons. The average Bonchev–Trinajstić information content (AvgIpc) is 2.28. The zero-order chi connectivity index (χ0) is 12.8. The molecule has 5 nitrogen and oxygen atoms in total. The van der Waals surface area contributed by atoms with Crippen molar-refractivity contribution in [2.24, 2.45) is 0 Å². The first-order valence-electron chi connectivity index (χ1n) is 5.64. The minimum atomic E-state index is -0.824. The molecule has 0 aliphatic heterocycles. The van der Waals surface area contributed by atoms with Gasteiger partial charge in [0.25, 0.3) is 5.56 Å². The minimum Gasteiger partial charge on any atom is -0.480 e. The number of hydrogen-bond acceptors (Lipinski definition) is 3. The third-order valence-electron chi connectivity index (χ3n) is 2.80. The van der Waals surface area contributed by atoms with Gasteiger partial charge in [0.2, 0.25) is 0 Å². The van der Waals surface area contributed by atoms with Gasteiger partial charge in [-0.1, -0.05) is 13.0 Å². The summed E-state index contributed by atoms with van der Waals surface area (Å²) in [6, 6.07) is 4.48. The van der Waals surface area contributed by atoms with Crippen molar-refractivity contribution in [3.63, 3.8) is 0 Å². The molecule has 0 aliphatic rings. The number of pyridine rings is 1. The fourth-order valence-electron chi connectivity index (χ4n) is 1.74. The molecule has 0 aliphatic carbocycles. The highest BCUT2D eigenvalue weighted by molar-refractivity contribution is 5.73. The Labute approximate surface area is 100 Å². The summed E-state index contributed by atoms with van der Waals surface area (Å²) in [6.07, 6.45) is 2.26. The van der Waals surface area contributed by atoms with E-state index in [9.17, 15) is 9.59 Å². The van der Waals surface area contributed by atoms with Gasteiger partial charge in [0.15, 0.2) is 0 Å². The maximum atomic E-state index is 11.4. The molecule has 1 rings (SSSR count). The van der Waals surface area contributed by atoms with E-state index in [2.05, 4.69) is 0 Å². The van der Waals surface area contributed by atoms with Gasteiger partial charge in [0, 0.05) is 25.4 Å². The second kappa shape index (κ2) is 6.20. The molecule has 1 aromatic rings. The van der Waals surface area contributed by atoms with Crippen LogP contribution in [0, 0.1) is 0 Å². The summed E-state index contributed by atoms with van der Waals surface area (Å²) >= 11 is 0. The first kappa shape index (κ1) is 13.4. The molecule has 0 aromatic carbocycles. The molecule has 0 spiro atoms. The van der Waals surface area contributed by atoms with Gasteiger partial charge >= 0.3 is 5.97 Å². The Kier molecular flexibility index (Phi) is 4.90. The lowest BCUT2D eigenvalue weighted by molar-refractivity contribution is -0.142. The molecule has 0 amide bonds. The first-order valence-corrected chi connectivity index (χ1v) is 5.64. The molecule has 0 saturated carbocycles. The van der Waals surface area contributed by atoms with Crippen LogP contribution in [0.25, 0.3) is 0 Å². The summed E-state index contributed by atoms with van der Waals surface area (Å²) in [7, 11) is 1.76. The number of hydrogen-bond donors (Lipinski definition) is 1. The van der Waals surface area contributed by atoms with Crippen molar-refractivity contribution in [3.05, 3.63) is 34.7 Å². The van der Waals surface area contributed by atoms with Crippen LogP contribution in [0.4, 0.5) is 0 Å². The Morgan fingerprint density at radius 3 is 2.76 bits per heavy atom. The Morgan fingerprint density at radius 1 is 1.53 bits per heavy atom. The third-order valence-corrected chi connectivity index (χ3v) is 2.80. The van der Waals surface area contributed by atoms with E-state index in [1.54, 1.807) is 34.8 Å². The molecule has 5 heteroatoms. The van der Waals surface area contributed by atoms with Crippen LogP contribution >= 0.6 is 0 Å². The number of carboxylic acids is 1. The third kappa shape index (κ3) is 3.71. The van der Waals surface area contributed by atoms with Crippen molar-refractivity contribution in [3.8, 4) is 0 Å². The second-order valence-electron chi connectivity index (χ2n) is 3.98. The molecule has 94 valence electrons. The summed E-state index contributed by atoms with van der Waals surface area (Å²) < 4.78 is 1.57. The maximum Gasteiger partial charge on any atom is 0.320 e. The highest BCUT2D eigenvalue weighted by Crippen LogP contribution is 2.01. The quantitative estimate of drug-likeness (QED) is 0.790. The van der Waals surface area contributed by atoms with Gasteiger partial charge in [-0.25, -0.2) is 0 Å². The van der Waals surface area contributed by atoms with Crippen LogP contribution in [-0.2, 0) is 11.3 Å². The monoisotopic (exact) mass is 238 g/mol. The van der Waals surface area contributed by atoms with Crippen LogP contribution in [0.3, 0.4) is 0 Å². The number of carbonyl (C=O) groups is 1. The molecular formula is C12H18N2O3. The lowest BCUT2D eigenvalue weighted by Gasteiger charge is -2.23. The van der Waals surface area contributed by atoms with Gasteiger partial charge in [-0.2, -0.15) is 0 Å². The van der Waals surface area contributed by atoms with E-state index in [1.807, 2.05) is 6.92 Å². The van der Waals surface area contributed by atoms with E-state index in [0.717, 1.165) is 0 Å². The van der Waals surface area contributed by atoms with Crippen molar-refractivity contribution < 1.29 is 9.90 Å². The zero-order valence-corrected chi connectivity index (χ0v) is 10.2. The van der Waals surface area contributed by atoms with E-state index >= 15 is 0 Å². The number of nitrogens with zero attached hydrogens (tertiary/aromatic N) is 2. The van der Waals surface area contributed by atoms with Gasteiger partial charge in [-0.15, -0.1) is 0 Å². The Bertz CT molecular complexity index is 428. The lowest BCUT2D eigenvalue weighted by Crippen LogP contribution is -2.40. The number of aliphatic carboxylic acids is 1. The van der Waals surface area contributed by atoms with Gasteiger partial charge in [-0.05, 0) is 19.5 Å². The SMILES string of the molecule is CCC(C(=O)O)N(C)CCn1ccccc1=O. The highest BCUT2D eigenvalue weighted by Gasteiger charge is 2.19. The molecule has 1 atom stereocenters. The summed E-state index contributed by atoms with van der Waals surface area (Å²) in [5.41, 5.74) is -0.0655. The van der Waals surface area contributed by atoms with Crippen LogP contribution in [0.5, 0.6) is 0 Å². The van der Waals surface area contributed by atoms with E-state index in [-0.39, 0.29) is 5.56 Å². The second-order valence-corrected chi connectivity index (χ2v) is 3.98. The van der Waals surface area contributed by atoms with Crippen LogP contribution < -0.4 is 5.56 Å². The molecule has 0 bridgehead atoms. The van der Waals surface area contributed by atoms with E-state index in [1.165, 1.54) is 6.07 Å². The number of likely N-dealkylation sites (N-methyl/N-ethyl adjacent to an activating group) is 1. The molecule has 1 unspecified atom stereocenters. The molecule has 1 aromatic heterocycles. The van der Waals surface area contributed by atoms with Crippen molar-refractivity contribution >= 4 is 5.97 Å². The molecule has 0 fully saturated rings. The standard InChI is InChI=1S/C12H18N2O3/c1-3-10(12(16)17)13(2)8-9-14-7-5-4-6-11(14)15/h4-7,10H,3,8-9H2,1-2H3,(H,16,17). The maximum absolute atomic E-state index is 11.4. The molecule has 0 saturated heterocycles. The smallest absolute Gasteiger partial charge is 0.320 e. The molecular weight excluding hydrogens is 220 g/mol. The van der Waals surface area contributed by atoms with E-state index in [0.29, 0.717) is 19.5 Å². The molecule has 17 heavy (non-hydrogen) atoms. The van der Waals surface area contributed by atoms with Crippen LogP contribution in [-0.4, -0.2) is 40.2 Å². The normalized spacial score (nSPS) is 12.6. The van der Waals surface area contributed by atoms with Crippen molar-refractivity contribution in [2.45, 2.75) is 25.9 Å². The molecule has 1 N–H and O–H groups in total. The van der Waals surface area contributed by atoms with Gasteiger partial charge in [-0.3, -0.25) is 14.5 Å². The van der Waals surface area contributed by atoms with Gasteiger partial charge in [0.05, 0.1) is 0 Å². The fraction of sp³-hybridized carbons (Fsp3) is 0.500. The Morgan fingerprint density at radius 2 is 2.24 bits per heavy atom. The van der Waals surface area contributed by atoms with Crippen molar-refractivity contribution in [1.29, 1.82) is 0 Å². The Hall–Kier alpha value is -1.62. The van der Waals surface area contributed by atoms with Crippen LogP contribution in [0.2, 0.25) is 0 Å².